The van der Waals surface area contributed by atoms with E-state index in [0.29, 0.717) is 22.7 Å². The van der Waals surface area contributed by atoms with E-state index < -0.39 is 11.9 Å². The van der Waals surface area contributed by atoms with Crippen LogP contribution in [0.4, 0.5) is 5.69 Å². The van der Waals surface area contributed by atoms with Gasteiger partial charge in [-0.1, -0.05) is 18.2 Å². The molecule has 0 aliphatic heterocycles. The Morgan fingerprint density at radius 2 is 1.80 bits per heavy atom. The molecule has 0 fully saturated rings. The van der Waals surface area contributed by atoms with Crippen molar-refractivity contribution in [3.05, 3.63) is 53.6 Å². The molecule has 6 nitrogen and oxygen atoms in total. The highest BCUT2D eigenvalue weighted by Crippen LogP contribution is 2.28. The molecule has 25 heavy (non-hydrogen) atoms. The lowest BCUT2D eigenvalue weighted by Crippen LogP contribution is -2.15. The maximum Gasteiger partial charge on any atom is 0.310 e. The average Bonchev–Trinajstić information content (AvgIpc) is 2.60. The second kappa shape index (κ2) is 8.19. The first kappa shape index (κ1) is 18.3. The van der Waals surface area contributed by atoms with Crippen LogP contribution < -0.4 is 14.8 Å². The Bertz CT molecular complexity index is 772. The van der Waals surface area contributed by atoms with Crippen LogP contribution >= 0.6 is 0 Å². The van der Waals surface area contributed by atoms with Crippen molar-refractivity contribution in [2.45, 2.75) is 19.3 Å². The minimum absolute atomic E-state index is 0.166. The third-order valence-electron chi connectivity index (χ3n) is 3.85. The monoisotopic (exact) mass is 343 g/mol. The predicted molar refractivity (Wildman–Crippen MR) is 94.4 cm³/mol. The summed E-state index contributed by atoms with van der Waals surface area (Å²) in [6.45, 7) is 1.60. The van der Waals surface area contributed by atoms with Gasteiger partial charge in [0.05, 0.1) is 26.6 Å². The first-order valence-electron chi connectivity index (χ1n) is 7.78. The van der Waals surface area contributed by atoms with Crippen molar-refractivity contribution in [3.63, 3.8) is 0 Å². The summed E-state index contributed by atoms with van der Waals surface area (Å²) < 4.78 is 10.4. The Hall–Kier alpha value is -3.02. The quantitative estimate of drug-likeness (QED) is 0.807. The number of ether oxygens (including phenoxy) is 2. The topological polar surface area (TPSA) is 84.9 Å². The zero-order chi connectivity index (χ0) is 18.4. The molecular weight excluding hydrogens is 322 g/mol. The van der Waals surface area contributed by atoms with Gasteiger partial charge in [-0.15, -0.1) is 0 Å². The summed E-state index contributed by atoms with van der Waals surface area (Å²) in [5.74, 6) is -0.587. The molecule has 6 heteroatoms. The molecule has 0 bridgehead atoms. The number of nitrogens with one attached hydrogen (secondary N) is 1. The van der Waals surface area contributed by atoms with Crippen molar-refractivity contribution in [2.75, 3.05) is 19.5 Å². The lowest BCUT2D eigenvalue weighted by molar-refractivity contribution is -0.138. The third kappa shape index (κ3) is 4.73. The van der Waals surface area contributed by atoms with E-state index in [0.717, 1.165) is 5.56 Å². The molecule has 0 saturated heterocycles. The highest BCUT2D eigenvalue weighted by Gasteiger charge is 2.14. The van der Waals surface area contributed by atoms with E-state index >= 15 is 0 Å². The maximum absolute atomic E-state index is 12.3. The van der Waals surface area contributed by atoms with Gasteiger partial charge in [0.15, 0.2) is 11.5 Å². The van der Waals surface area contributed by atoms with E-state index in [2.05, 4.69) is 5.32 Å². The molecular formula is C19H21NO5. The maximum atomic E-state index is 12.3. The largest absolute Gasteiger partial charge is 0.493 e. The van der Waals surface area contributed by atoms with E-state index in [-0.39, 0.29) is 12.3 Å². The van der Waals surface area contributed by atoms with E-state index in [1.807, 2.05) is 0 Å². The Balaban J connectivity index is 2.08. The van der Waals surface area contributed by atoms with E-state index in [1.165, 1.54) is 7.11 Å². The van der Waals surface area contributed by atoms with Gasteiger partial charge >= 0.3 is 5.97 Å². The van der Waals surface area contributed by atoms with Crippen LogP contribution in [0.15, 0.2) is 42.5 Å². The number of hydrogen-bond donors (Lipinski definition) is 2. The zero-order valence-corrected chi connectivity index (χ0v) is 14.4. The number of carbonyl (C=O) groups excluding carboxylic acids is 1. The Morgan fingerprint density at radius 3 is 2.44 bits per heavy atom. The summed E-state index contributed by atoms with van der Waals surface area (Å²) in [5, 5.41) is 11.9. The minimum atomic E-state index is -0.909. The molecule has 0 aromatic heterocycles. The standard InChI is InChI=1S/C19H21NO5/c1-12(19(22)23)14-5-4-6-15(11-14)20-18(21)10-13-7-8-16(24-2)17(9-13)25-3/h4-9,11-12H,10H2,1-3H3,(H,20,21)(H,22,23). The van der Waals surface area contributed by atoms with Crippen LogP contribution in [-0.2, 0) is 16.0 Å². The molecule has 132 valence electrons. The second-order valence-electron chi connectivity index (χ2n) is 5.60. The van der Waals surface area contributed by atoms with Gasteiger partial charge in [0.1, 0.15) is 0 Å². The van der Waals surface area contributed by atoms with Crippen molar-refractivity contribution < 1.29 is 24.2 Å². The molecule has 2 aromatic carbocycles. The number of methoxy groups -OCH3 is 2. The molecule has 0 aliphatic carbocycles. The molecule has 2 N–H and O–H groups in total. The van der Waals surface area contributed by atoms with Crippen molar-refractivity contribution in [1.29, 1.82) is 0 Å². The van der Waals surface area contributed by atoms with Crippen LogP contribution in [0.3, 0.4) is 0 Å². The normalized spacial score (nSPS) is 11.5. The fourth-order valence-electron chi connectivity index (χ4n) is 2.41. The molecule has 1 amide bonds. The Morgan fingerprint density at radius 1 is 1.08 bits per heavy atom. The molecule has 0 aliphatic rings. The smallest absolute Gasteiger partial charge is 0.310 e. The summed E-state index contributed by atoms with van der Waals surface area (Å²) in [6, 6.07) is 12.1. The predicted octanol–water partition coefficient (Wildman–Crippen LogP) is 3.07. The summed E-state index contributed by atoms with van der Waals surface area (Å²) in [7, 11) is 3.09. The third-order valence-corrected chi connectivity index (χ3v) is 3.85. The van der Waals surface area contributed by atoms with E-state index in [1.54, 1.807) is 56.5 Å². The first-order valence-corrected chi connectivity index (χ1v) is 7.78. The van der Waals surface area contributed by atoms with Gasteiger partial charge in [0.2, 0.25) is 5.91 Å². The first-order chi connectivity index (χ1) is 11.9. The Kier molecular flexibility index (Phi) is 6.00. The summed E-state index contributed by atoms with van der Waals surface area (Å²) in [5.41, 5.74) is 1.98. The van der Waals surface area contributed by atoms with Crippen molar-refractivity contribution >= 4 is 17.6 Å². The number of carbonyl (C=O) groups is 2. The molecule has 0 spiro atoms. The molecule has 0 radical (unpaired) electrons. The number of aliphatic carboxylic acids is 1. The average molecular weight is 343 g/mol. The van der Waals surface area contributed by atoms with E-state index in [9.17, 15) is 9.59 Å². The van der Waals surface area contributed by atoms with Crippen LogP contribution in [0.2, 0.25) is 0 Å². The summed E-state index contributed by atoms with van der Waals surface area (Å²) in [6.07, 6.45) is 0.166. The number of amides is 1. The van der Waals surface area contributed by atoms with Gasteiger partial charge in [-0.2, -0.15) is 0 Å². The number of rotatable bonds is 7. The molecule has 2 rings (SSSR count). The van der Waals surface area contributed by atoms with Gasteiger partial charge < -0.3 is 19.9 Å². The number of benzene rings is 2. The second-order valence-corrected chi connectivity index (χ2v) is 5.60. The summed E-state index contributed by atoms with van der Waals surface area (Å²) in [4.78, 5) is 23.3. The van der Waals surface area contributed by atoms with Crippen LogP contribution in [0.5, 0.6) is 11.5 Å². The number of carboxylic acid groups (broad SMARTS) is 1. The molecule has 1 unspecified atom stereocenters. The van der Waals surface area contributed by atoms with Crippen molar-refractivity contribution in [1.82, 2.24) is 0 Å². The molecule has 0 saturated carbocycles. The number of anilines is 1. The van der Waals surface area contributed by atoms with Crippen molar-refractivity contribution in [3.8, 4) is 11.5 Å². The number of hydrogen-bond acceptors (Lipinski definition) is 4. The van der Waals surface area contributed by atoms with Crippen LogP contribution in [-0.4, -0.2) is 31.2 Å². The zero-order valence-electron chi connectivity index (χ0n) is 14.4. The SMILES string of the molecule is COc1ccc(CC(=O)Nc2cccc(C(C)C(=O)O)c2)cc1OC. The van der Waals surface area contributed by atoms with E-state index in [4.69, 9.17) is 14.6 Å². The van der Waals surface area contributed by atoms with Gasteiger partial charge in [0, 0.05) is 5.69 Å². The van der Waals surface area contributed by atoms with Crippen LogP contribution in [0.25, 0.3) is 0 Å². The lowest BCUT2D eigenvalue weighted by Gasteiger charge is -2.11. The molecule has 0 heterocycles. The fraction of sp³-hybridized carbons (Fsp3) is 0.263. The van der Waals surface area contributed by atoms with Crippen LogP contribution in [0, 0.1) is 0 Å². The Labute approximate surface area is 146 Å². The summed E-state index contributed by atoms with van der Waals surface area (Å²) >= 11 is 0. The lowest BCUT2D eigenvalue weighted by atomic mass is 10.0. The highest BCUT2D eigenvalue weighted by atomic mass is 16.5. The van der Waals surface area contributed by atoms with Gasteiger partial charge in [-0.25, -0.2) is 0 Å². The van der Waals surface area contributed by atoms with Crippen molar-refractivity contribution in [2.24, 2.45) is 0 Å². The molecule has 2 aromatic rings. The minimum Gasteiger partial charge on any atom is -0.493 e. The van der Waals surface area contributed by atoms with Crippen LogP contribution in [0.1, 0.15) is 24.0 Å². The number of carboxylic acids is 1. The van der Waals surface area contributed by atoms with Gasteiger partial charge in [-0.05, 0) is 42.3 Å². The van der Waals surface area contributed by atoms with Gasteiger partial charge in [0.25, 0.3) is 0 Å². The van der Waals surface area contributed by atoms with Gasteiger partial charge in [-0.3, -0.25) is 9.59 Å². The molecule has 1 atom stereocenters. The highest BCUT2D eigenvalue weighted by molar-refractivity contribution is 5.92. The fourth-order valence-corrected chi connectivity index (χ4v) is 2.41.